The molecule has 148 valence electrons. The summed E-state index contributed by atoms with van der Waals surface area (Å²) in [6, 6.07) is 4.37. The molecule has 3 atom stereocenters. The van der Waals surface area contributed by atoms with Crippen LogP contribution in [0.1, 0.15) is 33.1 Å². The monoisotopic (exact) mass is 413 g/mol. The number of nitrogens with zero attached hydrogens (tertiary/aromatic N) is 1. The van der Waals surface area contributed by atoms with Crippen LogP contribution in [0.4, 0.5) is 0 Å². The van der Waals surface area contributed by atoms with E-state index < -0.39 is 28.1 Å². The van der Waals surface area contributed by atoms with Crippen molar-refractivity contribution in [1.29, 1.82) is 0 Å². The topological polar surface area (TPSA) is 95.6 Å². The molecule has 3 unspecified atom stereocenters. The van der Waals surface area contributed by atoms with E-state index in [-0.39, 0.29) is 23.1 Å². The van der Waals surface area contributed by atoms with E-state index in [1.807, 2.05) is 13.8 Å². The Labute approximate surface area is 164 Å². The predicted molar refractivity (Wildman–Crippen MR) is 102 cm³/mol. The molecule has 7 nitrogen and oxygen atoms in total. The molecule has 2 saturated heterocycles. The molecule has 1 aromatic rings. The van der Waals surface area contributed by atoms with Crippen molar-refractivity contribution >= 4 is 33.4 Å². The second kappa shape index (κ2) is 7.77. The summed E-state index contributed by atoms with van der Waals surface area (Å²) in [6.07, 6.45) is 1.33. The van der Waals surface area contributed by atoms with Crippen LogP contribution in [0.5, 0.6) is 0 Å². The Balaban J connectivity index is 1.69. The van der Waals surface area contributed by atoms with E-state index >= 15 is 0 Å². The van der Waals surface area contributed by atoms with E-state index in [0.717, 1.165) is 0 Å². The Kier molecular flexibility index (Phi) is 5.79. The molecule has 27 heavy (non-hydrogen) atoms. The Morgan fingerprint density at radius 1 is 1.26 bits per heavy atom. The van der Waals surface area contributed by atoms with Gasteiger partial charge in [0.05, 0.1) is 4.90 Å². The number of piperazine rings is 1. The van der Waals surface area contributed by atoms with Gasteiger partial charge >= 0.3 is 0 Å². The van der Waals surface area contributed by atoms with Gasteiger partial charge in [0.2, 0.25) is 21.8 Å². The lowest BCUT2D eigenvalue weighted by molar-refractivity contribution is -0.152. The third-order valence-electron chi connectivity index (χ3n) is 4.96. The van der Waals surface area contributed by atoms with Crippen LogP contribution >= 0.6 is 11.6 Å². The number of piperidine rings is 1. The largest absolute Gasteiger partial charge is 0.342 e. The first-order valence-corrected chi connectivity index (χ1v) is 10.9. The highest BCUT2D eigenvalue weighted by Gasteiger charge is 2.44. The summed E-state index contributed by atoms with van der Waals surface area (Å²) in [4.78, 5) is 26.9. The van der Waals surface area contributed by atoms with Gasteiger partial charge in [-0.1, -0.05) is 25.4 Å². The van der Waals surface area contributed by atoms with Gasteiger partial charge in [0.15, 0.2) is 0 Å². The van der Waals surface area contributed by atoms with Crippen molar-refractivity contribution < 1.29 is 18.0 Å². The fraction of sp³-hybridized carbons (Fsp3) is 0.556. The summed E-state index contributed by atoms with van der Waals surface area (Å²) in [5, 5.41) is 3.25. The maximum atomic E-state index is 12.6. The molecule has 0 spiro atoms. The van der Waals surface area contributed by atoms with Gasteiger partial charge in [-0.3, -0.25) is 9.59 Å². The zero-order valence-corrected chi connectivity index (χ0v) is 16.9. The van der Waals surface area contributed by atoms with Gasteiger partial charge in [-0.2, -0.15) is 0 Å². The molecule has 0 aliphatic carbocycles. The average Bonchev–Trinajstić information content (AvgIpc) is 2.59. The number of fused-ring (bicyclic) bond motifs is 1. The Morgan fingerprint density at radius 3 is 2.56 bits per heavy atom. The Morgan fingerprint density at radius 2 is 1.93 bits per heavy atom. The van der Waals surface area contributed by atoms with Crippen LogP contribution in [0.3, 0.4) is 0 Å². The van der Waals surface area contributed by atoms with Crippen LogP contribution in [0.15, 0.2) is 29.2 Å². The third kappa shape index (κ3) is 4.44. The lowest BCUT2D eigenvalue weighted by Crippen LogP contribution is -2.67. The molecule has 2 amide bonds. The highest BCUT2D eigenvalue weighted by atomic mass is 35.5. The first-order valence-electron chi connectivity index (χ1n) is 9.06. The van der Waals surface area contributed by atoms with Crippen molar-refractivity contribution in [2.75, 3.05) is 6.54 Å². The molecular weight excluding hydrogens is 390 g/mol. The molecule has 2 heterocycles. The third-order valence-corrected chi connectivity index (χ3v) is 6.74. The normalized spacial score (nSPS) is 26.1. The summed E-state index contributed by atoms with van der Waals surface area (Å²) in [5.41, 5.74) is 0. The van der Waals surface area contributed by atoms with E-state index in [4.69, 9.17) is 11.6 Å². The summed E-state index contributed by atoms with van der Waals surface area (Å²) in [7, 11) is -3.72. The van der Waals surface area contributed by atoms with Crippen molar-refractivity contribution in [3.05, 3.63) is 29.3 Å². The van der Waals surface area contributed by atoms with E-state index in [1.54, 1.807) is 4.90 Å². The molecule has 3 rings (SSSR count). The average molecular weight is 414 g/mol. The lowest BCUT2D eigenvalue weighted by atomic mass is 9.91. The summed E-state index contributed by atoms with van der Waals surface area (Å²) < 4.78 is 27.8. The van der Waals surface area contributed by atoms with Gasteiger partial charge in [-0.05, 0) is 49.4 Å². The zero-order valence-electron chi connectivity index (χ0n) is 15.3. The maximum Gasteiger partial charge on any atom is 0.245 e. The molecule has 1 aromatic carbocycles. The highest BCUT2D eigenvalue weighted by molar-refractivity contribution is 7.89. The van der Waals surface area contributed by atoms with Crippen molar-refractivity contribution in [1.82, 2.24) is 14.9 Å². The standard InChI is InChI=1S/C18H24ClN3O4S/c1-11(2)9-15-18(24)22-8-7-13(10-16(22)17(23)20-15)21-27(25,26)14-5-3-12(19)4-6-14/h3-6,11,13,15-16,21H,7-10H2,1-2H3,(H,20,23). The molecular formula is C18H24ClN3O4S. The molecule has 0 bridgehead atoms. The Hall–Kier alpha value is -1.64. The number of hydrogen-bond acceptors (Lipinski definition) is 4. The minimum atomic E-state index is -3.72. The fourth-order valence-corrected chi connectivity index (χ4v) is 5.06. The smallest absolute Gasteiger partial charge is 0.245 e. The number of sulfonamides is 1. The number of carbonyl (C=O) groups excluding carboxylic acids is 2. The van der Waals surface area contributed by atoms with Crippen LogP contribution < -0.4 is 10.0 Å². The van der Waals surface area contributed by atoms with Gasteiger partial charge in [0, 0.05) is 17.6 Å². The van der Waals surface area contributed by atoms with Crippen molar-refractivity contribution in [2.24, 2.45) is 5.92 Å². The quantitative estimate of drug-likeness (QED) is 0.765. The van der Waals surface area contributed by atoms with Crippen molar-refractivity contribution in [2.45, 2.75) is 56.1 Å². The van der Waals surface area contributed by atoms with E-state index in [2.05, 4.69) is 10.0 Å². The molecule has 0 saturated carbocycles. The second-order valence-electron chi connectivity index (χ2n) is 7.53. The van der Waals surface area contributed by atoms with Gasteiger partial charge in [-0.25, -0.2) is 13.1 Å². The van der Waals surface area contributed by atoms with Gasteiger partial charge in [-0.15, -0.1) is 0 Å². The molecule has 2 N–H and O–H groups in total. The number of halogens is 1. The molecule has 2 fully saturated rings. The Bertz CT molecular complexity index is 826. The lowest BCUT2D eigenvalue weighted by Gasteiger charge is -2.44. The summed E-state index contributed by atoms with van der Waals surface area (Å²) >= 11 is 5.81. The predicted octanol–water partition coefficient (Wildman–Crippen LogP) is 1.52. The van der Waals surface area contributed by atoms with Crippen LogP contribution in [-0.2, 0) is 19.6 Å². The highest BCUT2D eigenvalue weighted by Crippen LogP contribution is 2.25. The minimum Gasteiger partial charge on any atom is -0.342 e. The van der Waals surface area contributed by atoms with Gasteiger partial charge in [0.25, 0.3) is 0 Å². The van der Waals surface area contributed by atoms with Gasteiger partial charge < -0.3 is 10.2 Å². The number of nitrogens with one attached hydrogen (secondary N) is 2. The van der Waals surface area contributed by atoms with Crippen molar-refractivity contribution in [3.63, 3.8) is 0 Å². The molecule has 2 aliphatic heterocycles. The summed E-state index contributed by atoms with van der Waals surface area (Å²) in [5.74, 6) is 0.00229. The number of carbonyl (C=O) groups is 2. The first kappa shape index (κ1) is 20.1. The maximum absolute atomic E-state index is 12.6. The van der Waals surface area contributed by atoms with E-state index in [1.165, 1.54) is 24.3 Å². The van der Waals surface area contributed by atoms with Crippen molar-refractivity contribution in [3.8, 4) is 0 Å². The molecule has 2 aliphatic rings. The number of rotatable bonds is 5. The zero-order chi connectivity index (χ0) is 19.8. The fourth-order valence-electron chi connectivity index (χ4n) is 3.65. The summed E-state index contributed by atoms with van der Waals surface area (Å²) in [6.45, 7) is 4.37. The number of benzene rings is 1. The molecule has 0 radical (unpaired) electrons. The molecule has 9 heteroatoms. The van der Waals surface area contributed by atoms with Gasteiger partial charge in [0.1, 0.15) is 12.1 Å². The van der Waals surface area contributed by atoms with E-state index in [9.17, 15) is 18.0 Å². The SMILES string of the molecule is CC(C)CC1NC(=O)C2CC(NS(=O)(=O)c3ccc(Cl)cc3)CCN2C1=O. The van der Waals surface area contributed by atoms with Crippen LogP contribution in [0.25, 0.3) is 0 Å². The first-order chi connectivity index (χ1) is 12.7. The number of amides is 2. The van der Waals surface area contributed by atoms with Crippen LogP contribution in [-0.4, -0.2) is 49.8 Å². The molecule has 0 aromatic heterocycles. The minimum absolute atomic E-state index is 0.0766. The van der Waals surface area contributed by atoms with Crippen LogP contribution in [0.2, 0.25) is 5.02 Å². The van der Waals surface area contributed by atoms with E-state index in [0.29, 0.717) is 30.3 Å². The van der Waals surface area contributed by atoms with Crippen LogP contribution in [0, 0.1) is 5.92 Å². The number of hydrogen-bond donors (Lipinski definition) is 2. The second-order valence-corrected chi connectivity index (χ2v) is 9.69.